The molecule has 0 saturated carbocycles. The summed E-state index contributed by atoms with van der Waals surface area (Å²) < 4.78 is 27.5. The lowest BCUT2D eigenvalue weighted by Crippen LogP contribution is -2.32. The number of methoxy groups -OCH3 is 1. The molecule has 0 aliphatic rings. The first-order chi connectivity index (χ1) is 9.37. The normalized spacial score (nSPS) is 13.6. The first-order valence-corrected chi connectivity index (χ1v) is 8.37. The molecule has 2 rings (SSSR count). The van der Waals surface area contributed by atoms with E-state index in [2.05, 4.69) is 15.3 Å². The predicted octanol–water partition coefficient (Wildman–Crippen LogP) is 1.09. The number of nitrogens with zero attached hydrogens (tertiary/aromatic N) is 1. The summed E-state index contributed by atoms with van der Waals surface area (Å²) in [6.45, 7) is 2.33. The highest BCUT2D eigenvalue weighted by molar-refractivity contribution is 7.90. The lowest BCUT2D eigenvalue weighted by molar-refractivity contribution is 0.415. The third-order valence-electron chi connectivity index (χ3n) is 2.91. The minimum Gasteiger partial charge on any atom is -0.497 e. The van der Waals surface area contributed by atoms with Crippen LogP contribution >= 0.6 is 0 Å². The van der Waals surface area contributed by atoms with Crippen LogP contribution in [0, 0.1) is 0 Å². The number of aromatic amines is 1. The summed E-state index contributed by atoms with van der Waals surface area (Å²) in [5, 5.41) is 3.14. The summed E-state index contributed by atoms with van der Waals surface area (Å²) in [6.07, 6.45) is 1.23. The van der Waals surface area contributed by atoms with Crippen LogP contribution in [0.25, 0.3) is 11.0 Å². The van der Waals surface area contributed by atoms with Gasteiger partial charge in [0.1, 0.15) is 21.4 Å². The van der Waals surface area contributed by atoms with Crippen molar-refractivity contribution in [1.82, 2.24) is 15.3 Å². The van der Waals surface area contributed by atoms with Crippen molar-refractivity contribution in [2.45, 2.75) is 19.5 Å². The van der Waals surface area contributed by atoms with Crippen molar-refractivity contribution in [2.75, 3.05) is 19.1 Å². The molecule has 20 heavy (non-hydrogen) atoms. The molecule has 0 fully saturated rings. The van der Waals surface area contributed by atoms with Gasteiger partial charge < -0.3 is 15.0 Å². The summed E-state index contributed by atoms with van der Waals surface area (Å²) in [6, 6.07) is 5.50. The molecule has 1 atom stereocenters. The molecule has 110 valence electrons. The Balaban J connectivity index is 2.03. The van der Waals surface area contributed by atoms with Gasteiger partial charge in [-0.05, 0) is 19.1 Å². The number of nitrogens with one attached hydrogen (secondary N) is 2. The van der Waals surface area contributed by atoms with E-state index in [0.29, 0.717) is 6.54 Å². The molecule has 1 heterocycles. The van der Waals surface area contributed by atoms with Gasteiger partial charge in [0.2, 0.25) is 0 Å². The number of hydrogen-bond donors (Lipinski definition) is 2. The maximum Gasteiger partial charge on any atom is 0.148 e. The molecular formula is C13H19N3O3S. The zero-order valence-corrected chi connectivity index (χ0v) is 12.6. The van der Waals surface area contributed by atoms with Gasteiger partial charge in [0.15, 0.2) is 0 Å². The Morgan fingerprint density at radius 3 is 2.85 bits per heavy atom. The quantitative estimate of drug-likeness (QED) is 0.834. The van der Waals surface area contributed by atoms with Crippen LogP contribution in [0.5, 0.6) is 5.75 Å². The third kappa shape index (κ3) is 3.94. The Morgan fingerprint density at radius 1 is 1.45 bits per heavy atom. The average molecular weight is 297 g/mol. The smallest absolute Gasteiger partial charge is 0.148 e. The minimum absolute atomic E-state index is 0.112. The zero-order chi connectivity index (χ0) is 14.8. The number of sulfone groups is 1. The SMILES string of the molecule is COc1ccc2nc(CN[C@@H](C)CS(C)(=O)=O)[nH]c2c1. The van der Waals surface area contributed by atoms with Crippen molar-refractivity contribution >= 4 is 20.9 Å². The molecule has 0 spiro atoms. The van der Waals surface area contributed by atoms with E-state index in [0.717, 1.165) is 22.6 Å². The van der Waals surface area contributed by atoms with E-state index in [-0.39, 0.29) is 11.8 Å². The van der Waals surface area contributed by atoms with Crippen LogP contribution in [-0.2, 0) is 16.4 Å². The van der Waals surface area contributed by atoms with Crippen LogP contribution in [0.15, 0.2) is 18.2 Å². The van der Waals surface area contributed by atoms with E-state index in [9.17, 15) is 8.42 Å². The van der Waals surface area contributed by atoms with E-state index in [1.165, 1.54) is 6.26 Å². The maximum absolute atomic E-state index is 11.2. The largest absolute Gasteiger partial charge is 0.497 e. The summed E-state index contributed by atoms with van der Waals surface area (Å²) in [4.78, 5) is 7.62. The molecule has 2 aromatic rings. The lowest BCUT2D eigenvalue weighted by Gasteiger charge is -2.10. The zero-order valence-electron chi connectivity index (χ0n) is 11.8. The number of aromatic nitrogens is 2. The Labute approximate surface area is 118 Å². The van der Waals surface area contributed by atoms with Crippen LogP contribution in [0.3, 0.4) is 0 Å². The third-order valence-corrected chi connectivity index (χ3v) is 4.01. The molecule has 0 aliphatic carbocycles. The first kappa shape index (κ1) is 14.8. The standard InChI is InChI=1S/C13H19N3O3S/c1-9(8-20(3,17)18)14-7-13-15-11-5-4-10(19-2)6-12(11)16-13/h4-6,9,14H,7-8H2,1-3H3,(H,15,16)/t9-/m0/s1. The van der Waals surface area contributed by atoms with Gasteiger partial charge in [-0.15, -0.1) is 0 Å². The van der Waals surface area contributed by atoms with Crippen molar-refractivity contribution < 1.29 is 13.2 Å². The summed E-state index contributed by atoms with van der Waals surface area (Å²) in [7, 11) is -1.35. The average Bonchev–Trinajstić information content (AvgIpc) is 2.75. The number of hydrogen-bond acceptors (Lipinski definition) is 5. The number of fused-ring (bicyclic) bond motifs is 1. The molecule has 1 aromatic heterocycles. The molecule has 7 heteroatoms. The highest BCUT2D eigenvalue weighted by Gasteiger charge is 2.11. The van der Waals surface area contributed by atoms with E-state index in [4.69, 9.17) is 4.74 Å². The maximum atomic E-state index is 11.2. The molecule has 0 amide bonds. The number of rotatable bonds is 6. The molecule has 0 saturated heterocycles. The second-order valence-corrected chi connectivity index (χ2v) is 7.13. The van der Waals surface area contributed by atoms with Crippen LogP contribution in [0.1, 0.15) is 12.7 Å². The molecule has 1 aromatic carbocycles. The Bertz CT molecular complexity index is 694. The first-order valence-electron chi connectivity index (χ1n) is 6.31. The second kappa shape index (κ2) is 5.80. The fraction of sp³-hybridized carbons (Fsp3) is 0.462. The molecular weight excluding hydrogens is 278 g/mol. The number of benzene rings is 1. The van der Waals surface area contributed by atoms with Crippen LogP contribution in [-0.4, -0.2) is 43.5 Å². The fourth-order valence-corrected chi connectivity index (χ4v) is 3.06. The van der Waals surface area contributed by atoms with Gasteiger partial charge in [0, 0.05) is 18.4 Å². The highest BCUT2D eigenvalue weighted by atomic mass is 32.2. The van der Waals surface area contributed by atoms with Gasteiger partial charge in [-0.25, -0.2) is 13.4 Å². The van der Waals surface area contributed by atoms with Gasteiger partial charge in [0.05, 0.1) is 30.4 Å². The fourth-order valence-electron chi connectivity index (χ4n) is 2.04. The van der Waals surface area contributed by atoms with Gasteiger partial charge >= 0.3 is 0 Å². The molecule has 0 unspecified atom stereocenters. The monoisotopic (exact) mass is 297 g/mol. The topological polar surface area (TPSA) is 84.1 Å². The number of ether oxygens (including phenoxy) is 1. The van der Waals surface area contributed by atoms with Crippen LogP contribution < -0.4 is 10.1 Å². The summed E-state index contributed by atoms with van der Waals surface area (Å²) >= 11 is 0. The Morgan fingerprint density at radius 2 is 2.20 bits per heavy atom. The molecule has 0 radical (unpaired) electrons. The molecule has 6 nitrogen and oxygen atoms in total. The number of H-pyrrole nitrogens is 1. The van der Waals surface area contributed by atoms with Crippen molar-refractivity contribution in [1.29, 1.82) is 0 Å². The second-order valence-electron chi connectivity index (χ2n) is 4.94. The minimum atomic E-state index is -2.97. The highest BCUT2D eigenvalue weighted by Crippen LogP contribution is 2.18. The number of imidazole rings is 1. The van der Waals surface area contributed by atoms with Crippen molar-refractivity contribution in [3.05, 3.63) is 24.0 Å². The lowest BCUT2D eigenvalue weighted by atomic mass is 10.3. The van der Waals surface area contributed by atoms with Gasteiger partial charge in [-0.2, -0.15) is 0 Å². The molecule has 0 bridgehead atoms. The predicted molar refractivity (Wildman–Crippen MR) is 78.7 cm³/mol. The van der Waals surface area contributed by atoms with E-state index in [1.807, 2.05) is 25.1 Å². The Kier molecular flexibility index (Phi) is 4.29. The molecule has 2 N–H and O–H groups in total. The van der Waals surface area contributed by atoms with Crippen molar-refractivity contribution in [3.8, 4) is 5.75 Å². The van der Waals surface area contributed by atoms with Crippen molar-refractivity contribution in [3.63, 3.8) is 0 Å². The van der Waals surface area contributed by atoms with E-state index in [1.54, 1.807) is 7.11 Å². The van der Waals surface area contributed by atoms with Gasteiger partial charge in [-0.1, -0.05) is 0 Å². The van der Waals surface area contributed by atoms with Crippen molar-refractivity contribution in [2.24, 2.45) is 0 Å². The Hall–Kier alpha value is -1.60. The van der Waals surface area contributed by atoms with E-state index >= 15 is 0 Å². The van der Waals surface area contributed by atoms with Gasteiger partial charge in [0.25, 0.3) is 0 Å². The molecule has 0 aliphatic heterocycles. The van der Waals surface area contributed by atoms with Crippen LogP contribution in [0.4, 0.5) is 0 Å². The van der Waals surface area contributed by atoms with E-state index < -0.39 is 9.84 Å². The van der Waals surface area contributed by atoms with Crippen LogP contribution in [0.2, 0.25) is 0 Å². The summed E-state index contributed by atoms with van der Waals surface area (Å²) in [5.74, 6) is 1.65. The summed E-state index contributed by atoms with van der Waals surface area (Å²) in [5.41, 5.74) is 1.76. The van der Waals surface area contributed by atoms with Gasteiger partial charge in [-0.3, -0.25) is 0 Å².